The van der Waals surface area contributed by atoms with Crippen LogP contribution < -0.4 is 5.73 Å². The zero-order valence-electron chi connectivity index (χ0n) is 12.3. The Balaban J connectivity index is 0.00000242. The van der Waals surface area contributed by atoms with Gasteiger partial charge in [0.1, 0.15) is 6.54 Å². The van der Waals surface area contributed by atoms with Crippen LogP contribution in [0.1, 0.15) is 19.8 Å². The molecule has 2 heterocycles. The molecule has 0 aromatic heterocycles. The maximum atomic E-state index is 12.4. The molecule has 5 nitrogen and oxygen atoms in total. The Morgan fingerprint density at radius 1 is 1.36 bits per heavy atom. The summed E-state index contributed by atoms with van der Waals surface area (Å²) in [5.41, 5.74) is 5.60. The van der Waals surface area contributed by atoms with Crippen molar-refractivity contribution in [2.24, 2.45) is 17.6 Å². The van der Waals surface area contributed by atoms with E-state index in [1.807, 2.05) is 6.92 Å². The Labute approximate surface area is 133 Å². The zero-order chi connectivity index (χ0) is 15.8. The van der Waals surface area contributed by atoms with Crippen LogP contribution in [0.2, 0.25) is 0 Å². The largest absolute Gasteiger partial charge is 0.406 e. The van der Waals surface area contributed by atoms with E-state index in [1.54, 1.807) is 4.90 Å². The van der Waals surface area contributed by atoms with Crippen molar-refractivity contribution in [2.45, 2.75) is 32.0 Å². The third-order valence-electron chi connectivity index (χ3n) is 4.21. The second-order valence-corrected chi connectivity index (χ2v) is 5.97. The molecule has 22 heavy (non-hydrogen) atoms. The highest BCUT2D eigenvalue weighted by atomic mass is 35.5. The average Bonchev–Trinajstić information content (AvgIpc) is 2.91. The number of nitrogens with two attached hydrogens (primary N) is 1. The molecule has 2 aliphatic rings. The minimum absolute atomic E-state index is 0. The number of amides is 2. The minimum atomic E-state index is -4.43. The standard InChI is InChI=1S/C13H20F3N3O2.ClH/c1-8-2-9(4-17)5-19(8)12(21)10-3-11(20)18(6-10)7-13(14,15)16;/h8-10H,2-7,17H2,1H3;1H. The summed E-state index contributed by atoms with van der Waals surface area (Å²) in [4.78, 5) is 26.4. The van der Waals surface area contributed by atoms with E-state index in [0.717, 1.165) is 11.3 Å². The average molecular weight is 344 g/mol. The number of hydrogen-bond acceptors (Lipinski definition) is 3. The lowest BCUT2D eigenvalue weighted by atomic mass is 10.1. The fourth-order valence-electron chi connectivity index (χ4n) is 3.16. The van der Waals surface area contributed by atoms with Gasteiger partial charge < -0.3 is 15.5 Å². The Kier molecular flexibility index (Phi) is 6.09. The second kappa shape index (κ2) is 7.04. The van der Waals surface area contributed by atoms with Crippen molar-refractivity contribution in [1.29, 1.82) is 0 Å². The summed E-state index contributed by atoms with van der Waals surface area (Å²) in [6, 6.07) is 0.0258. The summed E-state index contributed by atoms with van der Waals surface area (Å²) in [5.74, 6) is -1.27. The van der Waals surface area contributed by atoms with E-state index in [1.165, 1.54) is 0 Å². The van der Waals surface area contributed by atoms with Crippen LogP contribution in [0.5, 0.6) is 0 Å². The normalized spacial score (nSPS) is 29.0. The number of carbonyl (C=O) groups excluding carboxylic acids is 2. The Morgan fingerprint density at radius 3 is 2.50 bits per heavy atom. The molecule has 0 bridgehead atoms. The molecule has 2 N–H and O–H groups in total. The first-order chi connectivity index (χ1) is 9.71. The van der Waals surface area contributed by atoms with E-state index in [-0.39, 0.29) is 43.2 Å². The number of hydrogen-bond donors (Lipinski definition) is 1. The molecule has 3 atom stereocenters. The van der Waals surface area contributed by atoms with Gasteiger partial charge in [-0.1, -0.05) is 0 Å². The number of rotatable bonds is 3. The number of alkyl halides is 3. The minimum Gasteiger partial charge on any atom is -0.339 e. The number of likely N-dealkylation sites (tertiary alicyclic amines) is 2. The predicted octanol–water partition coefficient (Wildman–Crippen LogP) is 1.01. The lowest BCUT2D eigenvalue weighted by Crippen LogP contribution is -2.40. The highest BCUT2D eigenvalue weighted by Gasteiger charge is 2.43. The molecule has 3 unspecified atom stereocenters. The zero-order valence-corrected chi connectivity index (χ0v) is 13.1. The lowest BCUT2D eigenvalue weighted by molar-refractivity contribution is -0.157. The van der Waals surface area contributed by atoms with Crippen LogP contribution in [0.4, 0.5) is 13.2 Å². The number of carbonyl (C=O) groups is 2. The number of halogens is 4. The molecule has 0 spiro atoms. The Morgan fingerprint density at radius 2 is 2.00 bits per heavy atom. The van der Waals surface area contributed by atoms with Gasteiger partial charge in [-0.3, -0.25) is 9.59 Å². The van der Waals surface area contributed by atoms with Crippen LogP contribution >= 0.6 is 12.4 Å². The summed E-state index contributed by atoms with van der Waals surface area (Å²) in [6.07, 6.45) is -3.76. The molecule has 2 saturated heterocycles. The van der Waals surface area contributed by atoms with Gasteiger partial charge in [-0.2, -0.15) is 13.2 Å². The highest BCUT2D eigenvalue weighted by molar-refractivity contribution is 5.89. The molecule has 2 rings (SSSR count). The van der Waals surface area contributed by atoms with Crippen molar-refractivity contribution in [3.63, 3.8) is 0 Å². The van der Waals surface area contributed by atoms with Crippen molar-refractivity contribution in [3.8, 4) is 0 Å². The van der Waals surface area contributed by atoms with Crippen LogP contribution in [0.15, 0.2) is 0 Å². The molecule has 128 valence electrons. The maximum absolute atomic E-state index is 12.4. The van der Waals surface area contributed by atoms with Crippen molar-refractivity contribution in [1.82, 2.24) is 9.80 Å². The molecule has 2 fully saturated rings. The van der Waals surface area contributed by atoms with Crippen LogP contribution in [0, 0.1) is 11.8 Å². The number of nitrogens with zero attached hydrogens (tertiary/aromatic N) is 2. The first kappa shape index (κ1) is 19.0. The quantitative estimate of drug-likeness (QED) is 0.832. The highest BCUT2D eigenvalue weighted by Crippen LogP contribution is 2.29. The van der Waals surface area contributed by atoms with Crippen molar-refractivity contribution < 1.29 is 22.8 Å². The van der Waals surface area contributed by atoms with E-state index < -0.39 is 24.5 Å². The first-order valence-electron chi connectivity index (χ1n) is 7.06. The van der Waals surface area contributed by atoms with Gasteiger partial charge in [0.15, 0.2) is 0 Å². The summed E-state index contributed by atoms with van der Waals surface area (Å²) >= 11 is 0. The van der Waals surface area contributed by atoms with Crippen LogP contribution in [-0.4, -0.2) is 60.0 Å². The van der Waals surface area contributed by atoms with Gasteiger partial charge in [0.05, 0.1) is 5.92 Å². The monoisotopic (exact) mass is 343 g/mol. The Hall–Kier alpha value is -1.02. The van der Waals surface area contributed by atoms with Crippen molar-refractivity contribution >= 4 is 24.2 Å². The van der Waals surface area contributed by atoms with Crippen molar-refractivity contribution in [3.05, 3.63) is 0 Å². The van der Waals surface area contributed by atoms with Gasteiger partial charge in [-0.15, -0.1) is 12.4 Å². The molecule has 0 aromatic carbocycles. The van der Waals surface area contributed by atoms with Gasteiger partial charge >= 0.3 is 6.18 Å². The third-order valence-corrected chi connectivity index (χ3v) is 4.21. The molecular formula is C13H21ClF3N3O2. The molecular weight excluding hydrogens is 323 g/mol. The molecule has 2 amide bonds. The van der Waals surface area contributed by atoms with Gasteiger partial charge in [0.2, 0.25) is 11.8 Å². The van der Waals surface area contributed by atoms with E-state index in [9.17, 15) is 22.8 Å². The molecule has 9 heteroatoms. The Bertz CT molecular complexity index is 433. The summed E-state index contributed by atoms with van der Waals surface area (Å²) in [6.45, 7) is 1.49. The van der Waals surface area contributed by atoms with Crippen LogP contribution in [0.25, 0.3) is 0 Å². The van der Waals surface area contributed by atoms with E-state index >= 15 is 0 Å². The fraction of sp³-hybridized carbons (Fsp3) is 0.846. The van der Waals surface area contributed by atoms with E-state index in [4.69, 9.17) is 5.73 Å². The molecule has 0 aromatic rings. The summed E-state index contributed by atoms with van der Waals surface area (Å²) in [7, 11) is 0. The van der Waals surface area contributed by atoms with Crippen LogP contribution in [0.3, 0.4) is 0 Å². The fourth-order valence-corrected chi connectivity index (χ4v) is 3.16. The van der Waals surface area contributed by atoms with Gasteiger partial charge in [0.25, 0.3) is 0 Å². The van der Waals surface area contributed by atoms with Crippen molar-refractivity contribution in [2.75, 3.05) is 26.2 Å². The summed E-state index contributed by atoms with van der Waals surface area (Å²) in [5, 5.41) is 0. The summed E-state index contributed by atoms with van der Waals surface area (Å²) < 4.78 is 37.1. The first-order valence-corrected chi connectivity index (χ1v) is 7.06. The molecule has 0 radical (unpaired) electrons. The second-order valence-electron chi connectivity index (χ2n) is 5.97. The molecule has 0 aliphatic carbocycles. The molecule has 0 saturated carbocycles. The lowest BCUT2D eigenvalue weighted by Gasteiger charge is -2.25. The topological polar surface area (TPSA) is 66.6 Å². The van der Waals surface area contributed by atoms with Crippen LogP contribution in [-0.2, 0) is 9.59 Å². The van der Waals surface area contributed by atoms with E-state index in [2.05, 4.69) is 0 Å². The van der Waals surface area contributed by atoms with Gasteiger partial charge in [-0.05, 0) is 25.8 Å². The smallest absolute Gasteiger partial charge is 0.339 e. The van der Waals surface area contributed by atoms with Gasteiger partial charge in [0, 0.05) is 25.6 Å². The van der Waals surface area contributed by atoms with E-state index in [0.29, 0.717) is 13.1 Å². The SMILES string of the molecule is CC1CC(CN)CN1C(=O)C1CC(=O)N(CC(F)(F)F)C1.Cl. The van der Waals surface area contributed by atoms with Gasteiger partial charge in [-0.25, -0.2) is 0 Å². The predicted molar refractivity (Wildman–Crippen MR) is 76.3 cm³/mol. The molecule has 2 aliphatic heterocycles. The third kappa shape index (κ3) is 4.25. The maximum Gasteiger partial charge on any atom is 0.406 e.